The molecule has 0 spiro atoms. The van der Waals surface area contributed by atoms with Gasteiger partial charge < -0.3 is 9.73 Å². The van der Waals surface area contributed by atoms with Gasteiger partial charge in [-0.3, -0.25) is 13.8 Å². The first kappa shape index (κ1) is 19.2. The maximum atomic E-state index is 12.4. The number of amides is 1. The molecule has 0 fully saturated rings. The van der Waals surface area contributed by atoms with E-state index in [9.17, 15) is 9.59 Å². The van der Waals surface area contributed by atoms with Gasteiger partial charge in [0.15, 0.2) is 10.7 Å². The Morgan fingerprint density at radius 1 is 1.28 bits per heavy atom. The second kappa shape index (κ2) is 7.70. The molecule has 0 saturated carbocycles. The van der Waals surface area contributed by atoms with Gasteiger partial charge in [0.25, 0.3) is 5.78 Å². The number of hydrogen-bond donors (Lipinski definition) is 1. The van der Waals surface area contributed by atoms with Crippen molar-refractivity contribution in [2.75, 3.05) is 5.75 Å². The third-order valence-corrected chi connectivity index (χ3v) is 5.36. The number of rotatable bonds is 6. The number of aryl methyl sites for hydroxylation is 2. The van der Waals surface area contributed by atoms with Gasteiger partial charge in [-0.15, -0.1) is 10.2 Å². The molecule has 1 atom stereocenters. The van der Waals surface area contributed by atoms with Crippen LogP contribution in [0.15, 0.2) is 44.7 Å². The van der Waals surface area contributed by atoms with E-state index < -0.39 is 5.76 Å². The van der Waals surface area contributed by atoms with Crippen LogP contribution < -0.4 is 11.1 Å². The van der Waals surface area contributed by atoms with E-state index in [0.29, 0.717) is 28.6 Å². The summed E-state index contributed by atoms with van der Waals surface area (Å²) in [4.78, 5) is 28.8. The van der Waals surface area contributed by atoms with E-state index in [0.717, 1.165) is 11.4 Å². The molecule has 4 rings (SSSR count). The summed E-state index contributed by atoms with van der Waals surface area (Å²) in [6, 6.07) is 8.91. The minimum Gasteiger partial charge on any atom is -0.408 e. The van der Waals surface area contributed by atoms with Gasteiger partial charge >= 0.3 is 5.76 Å². The topological polar surface area (TPSA) is 107 Å². The largest absolute Gasteiger partial charge is 0.420 e. The molecule has 0 aliphatic heterocycles. The van der Waals surface area contributed by atoms with Crippen LogP contribution in [0, 0.1) is 13.8 Å². The molecule has 0 unspecified atom stereocenters. The van der Waals surface area contributed by atoms with Crippen LogP contribution in [0.4, 0.5) is 0 Å². The smallest absolute Gasteiger partial charge is 0.408 e. The van der Waals surface area contributed by atoms with Crippen molar-refractivity contribution in [2.24, 2.45) is 0 Å². The highest BCUT2D eigenvalue weighted by atomic mass is 32.2. The maximum Gasteiger partial charge on any atom is 0.420 e. The average molecular weight is 412 g/mol. The highest BCUT2D eigenvalue weighted by Gasteiger charge is 2.16. The summed E-state index contributed by atoms with van der Waals surface area (Å²) in [6.07, 6.45) is 0. The summed E-state index contributed by atoms with van der Waals surface area (Å²) in [7, 11) is 0. The minimum atomic E-state index is -0.435. The van der Waals surface area contributed by atoms with E-state index in [1.165, 1.54) is 16.3 Å². The van der Waals surface area contributed by atoms with Crippen molar-refractivity contribution in [2.45, 2.75) is 38.5 Å². The number of carbonyl (C=O) groups excluding carboxylic acids is 1. The third-order valence-electron chi connectivity index (χ3n) is 4.43. The van der Waals surface area contributed by atoms with E-state index in [1.807, 2.05) is 49.4 Å². The Morgan fingerprint density at radius 3 is 2.90 bits per heavy atom. The highest BCUT2D eigenvalue weighted by molar-refractivity contribution is 7.99. The van der Waals surface area contributed by atoms with Crippen molar-refractivity contribution in [3.8, 4) is 0 Å². The average Bonchev–Trinajstić information content (AvgIpc) is 3.21. The summed E-state index contributed by atoms with van der Waals surface area (Å²) in [5.41, 5.74) is 3.07. The number of fused-ring (bicyclic) bond motifs is 2. The molecular formula is C19H20N6O3S. The lowest BCUT2D eigenvalue weighted by atomic mass is 10.3. The second-order valence-electron chi connectivity index (χ2n) is 6.86. The number of hydrogen-bond acceptors (Lipinski definition) is 7. The number of benzene rings is 1. The number of aromatic nitrogens is 5. The Bertz CT molecular complexity index is 1260. The van der Waals surface area contributed by atoms with Gasteiger partial charge in [0.2, 0.25) is 5.91 Å². The molecule has 0 radical (unpaired) electrons. The quantitative estimate of drug-likeness (QED) is 0.482. The predicted molar refractivity (Wildman–Crippen MR) is 109 cm³/mol. The van der Waals surface area contributed by atoms with Gasteiger partial charge in [0.1, 0.15) is 0 Å². The molecule has 0 aliphatic rings. The van der Waals surface area contributed by atoms with Crippen molar-refractivity contribution in [1.29, 1.82) is 0 Å². The minimum absolute atomic E-state index is 0.155. The van der Waals surface area contributed by atoms with Gasteiger partial charge in [-0.2, -0.15) is 0 Å². The molecule has 0 aliphatic carbocycles. The van der Waals surface area contributed by atoms with Gasteiger partial charge in [-0.1, -0.05) is 23.9 Å². The van der Waals surface area contributed by atoms with Crippen LogP contribution in [-0.2, 0) is 11.3 Å². The molecule has 1 N–H and O–H groups in total. The third kappa shape index (κ3) is 3.88. The first-order valence-corrected chi connectivity index (χ1v) is 10.1. The van der Waals surface area contributed by atoms with Crippen LogP contribution in [0.3, 0.4) is 0 Å². The lowest BCUT2D eigenvalue weighted by molar-refractivity contribution is -0.119. The number of para-hydroxylation sites is 2. The number of thioether (sulfide) groups is 1. The van der Waals surface area contributed by atoms with Gasteiger partial charge in [-0.25, -0.2) is 9.78 Å². The van der Waals surface area contributed by atoms with E-state index >= 15 is 0 Å². The zero-order valence-electron chi connectivity index (χ0n) is 16.2. The molecule has 10 heteroatoms. The number of nitrogens with zero attached hydrogens (tertiary/aromatic N) is 5. The molecule has 0 saturated heterocycles. The first-order chi connectivity index (χ1) is 13.9. The highest BCUT2D eigenvalue weighted by Crippen LogP contribution is 2.18. The zero-order chi connectivity index (χ0) is 20.5. The van der Waals surface area contributed by atoms with E-state index in [4.69, 9.17) is 4.42 Å². The second-order valence-corrected chi connectivity index (χ2v) is 7.80. The summed E-state index contributed by atoms with van der Waals surface area (Å²) < 4.78 is 8.58. The van der Waals surface area contributed by atoms with Gasteiger partial charge in [0, 0.05) is 24.0 Å². The van der Waals surface area contributed by atoms with Crippen LogP contribution >= 0.6 is 11.8 Å². The standard InChI is InChI=1S/C19H20N6O3S/c1-11-8-13(3)25-17(21-11)22-23-18(25)29-10-16(26)20-12(2)9-24-14-6-4-5-7-15(14)28-19(24)27/h4-8,12H,9-10H2,1-3H3,(H,20,26)/t12-/m1/s1. The van der Waals surface area contributed by atoms with Crippen molar-refractivity contribution >= 4 is 34.5 Å². The Hall–Kier alpha value is -3.14. The first-order valence-electron chi connectivity index (χ1n) is 9.12. The Balaban J connectivity index is 1.40. The van der Waals surface area contributed by atoms with Crippen LogP contribution in [-0.4, -0.2) is 41.9 Å². The lowest BCUT2D eigenvalue weighted by Gasteiger charge is -2.14. The van der Waals surface area contributed by atoms with Crippen LogP contribution in [0.5, 0.6) is 0 Å². The van der Waals surface area contributed by atoms with Crippen molar-refractivity contribution in [3.63, 3.8) is 0 Å². The SMILES string of the molecule is Cc1cc(C)n2c(SCC(=O)N[C@H](C)Cn3c(=O)oc4ccccc43)nnc2n1. The Labute approximate surface area is 170 Å². The molecular weight excluding hydrogens is 392 g/mol. The Kier molecular flexibility index (Phi) is 5.10. The predicted octanol–water partition coefficient (Wildman–Crippen LogP) is 1.95. The van der Waals surface area contributed by atoms with E-state index in [-0.39, 0.29) is 17.7 Å². The fourth-order valence-corrected chi connectivity index (χ4v) is 4.04. The number of nitrogens with one attached hydrogen (secondary N) is 1. The summed E-state index contributed by atoms with van der Waals surface area (Å²) >= 11 is 1.29. The summed E-state index contributed by atoms with van der Waals surface area (Å²) in [5, 5.41) is 11.7. The molecule has 9 nitrogen and oxygen atoms in total. The van der Waals surface area contributed by atoms with Crippen molar-refractivity contribution < 1.29 is 9.21 Å². The summed E-state index contributed by atoms with van der Waals surface area (Å²) in [5.74, 6) is 0.108. The monoisotopic (exact) mass is 412 g/mol. The molecule has 150 valence electrons. The van der Waals surface area contributed by atoms with Crippen molar-refractivity contribution in [1.82, 2.24) is 29.5 Å². The lowest BCUT2D eigenvalue weighted by Crippen LogP contribution is -2.38. The Morgan fingerprint density at radius 2 is 2.07 bits per heavy atom. The molecule has 1 amide bonds. The number of oxazole rings is 1. The molecule has 29 heavy (non-hydrogen) atoms. The maximum absolute atomic E-state index is 12.4. The fraction of sp³-hybridized carbons (Fsp3) is 0.316. The summed E-state index contributed by atoms with van der Waals surface area (Å²) in [6.45, 7) is 6.02. The van der Waals surface area contributed by atoms with E-state index in [1.54, 1.807) is 6.07 Å². The molecule has 1 aromatic carbocycles. The van der Waals surface area contributed by atoms with Crippen LogP contribution in [0.25, 0.3) is 16.9 Å². The molecule has 3 heterocycles. The van der Waals surface area contributed by atoms with Crippen molar-refractivity contribution in [3.05, 3.63) is 52.3 Å². The van der Waals surface area contributed by atoms with E-state index in [2.05, 4.69) is 20.5 Å². The van der Waals surface area contributed by atoms with Crippen LogP contribution in [0.1, 0.15) is 18.3 Å². The molecule has 4 aromatic rings. The molecule has 0 bridgehead atoms. The van der Waals surface area contributed by atoms with Gasteiger partial charge in [-0.05, 0) is 39.0 Å². The normalized spacial score (nSPS) is 12.5. The fourth-order valence-electron chi connectivity index (χ4n) is 3.25. The zero-order valence-corrected chi connectivity index (χ0v) is 17.1. The molecule has 3 aromatic heterocycles. The number of carbonyl (C=O) groups is 1. The van der Waals surface area contributed by atoms with Crippen LogP contribution in [0.2, 0.25) is 0 Å². The van der Waals surface area contributed by atoms with Gasteiger partial charge in [0.05, 0.1) is 11.3 Å².